The number of ether oxygens (including phenoxy) is 2. The number of sulfonamides is 1. The molecule has 0 unspecified atom stereocenters. The Bertz CT molecular complexity index is 1310. The zero-order chi connectivity index (χ0) is 23.1. The number of nitrogens with zero attached hydrogens (tertiary/aromatic N) is 1. The molecule has 6 heteroatoms. The molecule has 0 aromatic heterocycles. The lowest BCUT2D eigenvalue weighted by atomic mass is 9.88. The van der Waals surface area contributed by atoms with Gasteiger partial charge >= 0.3 is 0 Å². The van der Waals surface area contributed by atoms with Crippen molar-refractivity contribution >= 4 is 16.1 Å². The van der Waals surface area contributed by atoms with Crippen LogP contribution < -0.4 is 9.47 Å². The molecule has 5 rings (SSSR count). The van der Waals surface area contributed by atoms with E-state index in [0.717, 1.165) is 22.4 Å². The molecule has 0 aliphatic carbocycles. The van der Waals surface area contributed by atoms with E-state index in [2.05, 4.69) is 36.4 Å². The van der Waals surface area contributed by atoms with E-state index in [1.54, 1.807) is 16.4 Å². The van der Waals surface area contributed by atoms with Crippen molar-refractivity contribution in [1.29, 1.82) is 0 Å². The highest BCUT2D eigenvalue weighted by atomic mass is 32.2. The molecule has 0 amide bonds. The Labute approximate surface area is 195 Å². The van der Waals surface area contributed by atoms with Crippen LogP contribution in [-0.4, -0.2) is 38.5 Å². The van der Waals surface area contributed by atoms with Crippen LogP contribution in [0.25, 0.3) is 17.2 Å². The summed E-state index contributed by atoms with van der Waals surface area (Å²) in [5.74, 6) is 1.21. The molecule has 0 bridgehead atoms. The molecule has 170 valence electrons. The fraction of sp³-hybridized carbons (Fsp3) is 0.259. The molecule has 3 aromatic carbocycles. The van der Waals surface area contributed by atoms with Crippen LogP contribution >= 0.6 is 0 Å². The number of hydrogen-bond donors (Lipinski definition) is 0. The van der Waals surface area contributed by atoms with Gasteiger partial charge in [0, 0.05) is 31.5 Å². The van der Waals surface area contributed by atoms with Gasteiger partial charge in [0.05, 0.1) is 7.11 Å². The highest BCUT2D eigenvalue weighted by Crippen LogP contribution is 2.40. The van der Waals surface area contributed by atoms with Crippen LogP contribution in [0.5, 0.6) is 11.5 Å². The van der Waals surface area contributed by atoms with E-state index in [4.69, 9.17) is 9.47 Å². The molecule has 1 spiro atoms. The molecular weight excluding hydrogens is 434 g/mol. The van der Waals surface area contributed by atoms with Crippen molar-refractivity contribution in [3.63, 3.8) is 0 Å². The van der Waals surface area contributed by atoms with Crippen LogP contribution in [0.4, 0.5) is 0 Å². The van der Waals surface area contributed by atoms with Gasteiger partial charge in [-0.2, -0.15) is 4.31 Å². The highest BCUT2D eigenvalue weighted by molar-refractivity contribution is 7.89. The molecule has 2 aliphatic rings. The molecule has 0 N–H and O–H groups in total. The number of hydrogen-bond acceptors (Lipinski definition) is 4. The Kier molecular flexibility index (Phi) is 5.51. The number of benzene rings is 3. The molecule has 3 aromatic rings. The van der Waals surface area contributed by atoms with Gasteiger partial charge in [0.1, 0.15) is 22.0 Å². The van der Waals surface area contributed by atoms with E-state index in [1.807, 2.05) is 37.3 Å². The Morgan fingerprint density at radius 3 is 2.42 bits per heavy atom. The van der Waals surface area contributed by atoms with E-state index in [0.29, 0.717) is 31.7 Å². The predicted molar refractivity (Wildman–Crippen MR) is 130 cm³/mol. The highest BCUT2D eigenvalue weighted by Gasteiger charge is 2.41. The second-order valence-electron chi connectivity index (χ2n) is 8.68. The molecule has 0 atom stereocenters. The Balaban J connectivity index is 1.34. The van der Waals surface area contributed by atoms with Crippen molar-refractivity contribution < 1.29 is 17.9 Å². The summed E-state index contributed by atoms with van der Waals surface area (Å²) < 4.78 is 40.0. The second kappa shape index (κ2) is 8.36. The number of aryl methyl sites for hydroxylation is 1. The topological polar surface area (TPSA) is 55.8 Å². The van der Waals surface area contributed by atoms with E-state index >= 15 is 0 Å². The lowest BCUT2D eigenvalue weighted by Gasteiger charge is -2.41. The van der Waals surface area contributed by atoms with Gasteiger partial charge in [0.2, 0.25) is 10.0 Å². The molecular formula is C27H27NO4S. The van der Waals surface area contributed by atoms with Crippen LogP contribution in [0.15, 0.2) is 77.7 Å². The summed E-state index contributed by atoms with van der Waals surface area (Å²) in [4.78, 5) is 0.222. The summed E-state index contributed by atoms with van der Waals surface area (Å²) in [5, 5.41) is 0. The Hall–Kier alpha value is -3.09. The smallest absolute Gasteiger partial charge is 0.246 e. The van der Waals surface area contributed by atoms with Crippen LogP contribution in [0.3, 0.4) is 0 Å². The monoisotopic (exact) mass is 461 g/mol. The minimum Gasteiger partial charge on any atom is -0.495 e. The zero-order valence-electron chi connectivity index (χ0n) is 18.8. The molecule has 0 radical (unpaired) electrons. The third-order valence-electron chi connectivity index (χ3n) is 6.50. The average molecular weight is 462 g/mol. The maximum absolute atomic E-state index is 13.3. The normalized spacial score (nSPS) is 17.4. The number of fused-ring (bicyclic) bond motifs is 1. The van der Waals surface area contributed by atoms with Crippen LogP contribution in [0.1, 0.15) is 24.0 Å². The third-order valence-corrected chi connectivity index (χ3v) is 8.42. The minimum absolute atomic E-state index is 0.222. The predicted octanol–water partition coefficient (Wildman–Crippen LogP) is 5.30. The quantitative estimate of drug-likeness (QED) is 0.529. The van der Waals surface area contributed by atoms with Crippen molar-refractivity contribution in [2.75, 3.05) is 20.2 Å². The molecule has 2 aliphatic heterocycles. The summed E-state index contributed by atoms with van der Waals surface area (Å²) in [5.41, 5.74) is 3.75. The Morgan fingerprint density at radius 2 is 1.70 bits per heavy atom. The van der Waals surface area contributed by atoms with E-state index in [9.17, 15) is 8.42 Å². The Morgan fingerprint density at radius 1 is 0.939 bits per heavy atom. The summed E-state index contributed by atoms with van der Waals surface area (Å²) in [6.07, 6.45) is 5.40. The van der Waals surface area contributed by atoms with Gasteiger partial charge in [-0.15, -0.1) is 0 Å². The van der Waals surface area contributed by atoms with Gasteiger partial charge in [-0.1, -0.05) is 48.5 Å². The first-order valence-corrected chi connectivity index (χ1v) is 12.6. The maximum atomic E-state index is 13.3. The third kappa shape index (κ3) is 4.05. The van der Waals surface area contributed by atoms with Crippen LogP contribution in [-0.2, 0) is 10.0 Å². The average Bonchev–Trinajstić information content (AvgIpc) is 2.84. The fourth-order valence-electron chi connectivity index (χ4n) is 4.57. The van der Waals surface area contributed by atoms with Gasteiger partial charge < -0.3 is 9.47 Å². The molecule has 2 heterocycles. The molecule has 1 saturated heterocycles. The van der Waals surface area contributed by atoms with Crippen molar-refractivity contribution in [3.05, 3.63) is 83.9 Å². The molecule has 1 fully saturated rings. The number of piperidine rings is 1. The fourth-order valence-corrected chi connectivity index (χ4v) is 6.26. The van der Waals surface area contributed by atoms with Crippen LogP contribution in [0, 0.1) is 6.92 Å². The van der Waals surface area contributed by atoms with Gasteiger partial charge in [0.15, 0.2) is 0 Å². The van der Waals surface area contributed by atoms with Gasteiger partial charge in [0.25, 0.3) is 0 Å². The summed E-state index contributed by atoms with van der Waals surface area (Å²) in [7, 11) is -2.15. The maximum Gasteiger partial charge on any atom is 0.246 e. The molecule has 0 saturated carbocycles. The van der Waals surface area contributed by atoms with E-state index in [-0.39, 0.29) is 4.90 Å². The van der Waals surface area contributed by atoms with Crippen LogP contribution in [0.2, 0.25) is 0 Å². The first-order chi connectivity index (χ1) is 15.9. The lowest BCUT2D eigenvalue weighted by molar-refractivity contribution is 0.0620. The van der Waals surface area contributed by atoms with Crippen molar-refractivity contribution in [3.8, 4) is 22.6 Å². The van der Waals surface area contributed by atoms with E-state index < -0.39 is 15.6 Å². The largest absolute Gasteiger partial charge is 0.495 e. The summed E-state index contributed by atoms with van der Waals surface area (Å²) in [6.45, 7) is 2.66. The van der Waals surface area contributed by atoms with Gasteiger partial charge in [-0.25, -0.2) is 8.42 Å². The summed E-state index contributed by atoms with van der Waals surface area (Å²) in [6, 6.07) is 21.7. The number of methoxy groups -OCH3 is 1. The first kappa shape index (κ1) is 21.7. The van der Waals surface area contributed by atoms with Crippen molar-refractivity contribution in [1.82, 2.24) is 4.31 Å². The molecule has 5 nitrogen and oxygen atoms in total. The van der Waals surface area contributed by atoms with Crippen molar-refractivity contribution in [2.45, 2.75) is 30.3 Å². The minimum atomic E-state index is -3.65. The van der Waals surface area contributed by atoms with Gasteiger partial charge in [-0.3, -0.25) is 0 Å². The summed E-state index contributed by atoms with van der Waals surface area (Å²) >= 11 is 0. The SMILES string of the molecule is COc1ccc(C)cc1S(=O)(=O)N1CCC2(C=Cc3cc(-c4ccccc4)ccc3O2)CC1. The first-order valence-electron chi connectivity index (χ1n) is 11.1. The standard InChI is InChI=1S/C27H27NO4S/c1-20-8-10-25(31-2)26(18-20)33(29,30)28-16-14-27(15-17-28)13-12-23-19-22(9-11-24(23)32-27)21-6-4-3-5-7-21/h3-13,18-19H,14-17H2,1-2H3. The van der Waals surface area contributed by atoms with Gasteiger partial charge in [-0.05, 0) is 54.0 Å². The van der Waals surface area contributed by atoms with Crippen molar-refractivity contribution in [2.24, 2.45) is 0 Å². The second-order valence-corrected chi connectivity index (χ2v) is 10.6. The lowest BCUT2D eigenvalue weighted by Crippen LogP contribution is -2.49. The zero-order valence-corrected chi connectivity index (χ0v) is 19.6. The number of rotatable bonds is 4. The van der Waals surface area contributed by atoms with E-state index in [1.165, 1.54) is 12.7 Å². The molecule has 33 heavy (non-hydrogen) atoms.